The van der Waals surface area contributed by atoms with Gasteiger partial charge in [0.1, 0.15) is 0 Å². The highest BCUT2D eigenvalue weighted by Crippen LogP contribution is 2.14. The molecule has 0 aromatic heterocycles. The first-order valence-corrected chi connectivity index (χ1v) is 5.64. The number of rotatable bonds is 2. The molecule has 1 N–H and O–H groups in total. The largest absolute Gasteiger partial charge is 0.346 e. The predicted octanol–water partition coefficient (Wildman–Crippen LogP) is -0.369. The molecule has 1 fully saturated rings. The third-order valence-electron chi connectivity index (χ3n) is 1.93. The average molecular weight is 207 g/mol. The molecule has 0 saturated carbocycles. The van der Waals surface area contributed by atoms with Crippen LogP contribution in [0.25, 0.3) is 0 Å². The van der Waals surface area contributed by atoms with E-state index >= 15 is 0 Å². The summed E-state index contributed by atoms with van der Waals surface area (Å²) in [5.74, 6) is -0.765. The fraction of sp³-hybridized carbons (Fsp3) is 0.857. The van der Waals surface area contributed by atoms with Gasteiger partial charge in [-0.05, 0) is 25.9 Å². The summed E-state index contributed by atoms with van der Waals surface area (Å²) in [6, 6.07) is 0. The van der Waals surface area contributed by atoms with Crippen LogP contribution in [-0.2, 0) is 19.1 Å². The summed E-state index contributed by atoms with van der Waals surface area (Å²) in [5, 5.41) is 2.51. The molecule has 0 aliphatic carbocycles. The molecule has 0 atom stereocenters. The molecule has 1 rings (SSSR count). The molecule has 13 heavy (non-hydrogen) atoms. The second kappa shape index (κ2) is 4.06. The molecule has 0 unspecified atom stereocenters. The van der Waals surface area contributed by atoms with Gasteiger partial charge < -0.3 is 9.50 Å². The van der Waals surface area contributed by atoms with E-state index in [2.05, 4.69) is 9.50 Å². The van der Waals surface area contributed by atoms with E-state index in [1.54, 1.807) is 0 Å². The standard InChI is InChI=1S/C7H13NO4S/c1-6(9)12-13(10,11)7-2-4-8-5-3-7/h7-8H,2-5H2,1H3. The highest BCUT2D eigenvalue weighted by Gasteiger charge is 2.29. The second-order valence-corrected chi connectivity index (χ2v) is 4.84. The molecule has 0 aromatic rings. The molecule has 0 radical (unpaired) electrons. The topological polar surface area (TPSA) is 72.5 Å². The summed E-state index contributed by atoms with van der Waals surface area (Å²) < 4.78 is 26.9. The first-order chi connectivity index (χ1) is 6.02. The minimum Gasteiger partial charge on any atom is -0.346 e. The van der Waals surface area contributed by atoms with Crippen molar-refractivity contribution in [3.63, 3.8) is 0 Å². The van der Waals surface area contributed by atoms with Crippen molar-refractivity contribution in [3.8, 4) is 0 Å². The van der Waals surface area contributed by atoms with Crippen molar-refractivity contribution in [1.29, 1.82) is 0 Å². The molecular formula is C7H13NO4S. The highest BCUT2D eigenvalue weighted by atomic mass is 32.2. The van der Waals surface area contributed by atoms with E-state index < -0.39 is 21.3 Å². The van der Waals surface area contributed by atoms with Gasteiger partial charge in [-0.15, -0.1) is 0 Å². The van der Waals surface area contributed by atoms with Crippen molar-refractivity contribution in [2.45, 2.75) is 25.0 Å². The molecule has 1 saturated heterocycles. The third kappa shape index (κ3) is 2.96. The van der Waals surface area contributed by atoms with Gasteiger partial charge in [0.15, 0.2) is 0 Å². The Morgan fingerprint density at radius 3 is 2.38 bits per heavy atom. The average Bonchev–Trinajstić information content (AvgIpc) is 2.04. The third-order valence-corrected chi connectivity index (χ3v) is 3.68. The molecule has 1 aliphatic heterocycles. The van der Waals surface area contributed by atoms with Crippen LogP contribution >= 0.6 is 0 Å². The van der Waals surface area contributed by atoms with Gasteiger partial charge in [-0.1, -0.05) is 0 Å². The van der Waals surface area contributed by atoms with E-state index in [0.717, 1.165) is 6.92 Å². The zero-order valence-corrected chi connectivity index (χ0v) is 8.26. The van der Waals surface area contributed by atoms with Gasteiger partial charge in [0.2, 0.25) is 0 Å². The Bertz CT molecular complexity index is 279. The molecular weight excluding hydrogens is 194 g/mol. The SMILES string of the molecule is CC(=O)OS(=O)(=O)C1CCNCC1. The first kappa shape index (κ1) is 10.5. The maximum atomic E-state index is 11.3. The lowest BCUT2D eigenvalue weighted by molar-refractivity contribution is -0.131. The summed E-state index contributed by atoms with van der Waals surface area (Å²) in [4.78, 5) is 10.5. The zero-order chi connectivity index (χ0) is 9.90. The fourth-order valence-electron chi connectivity index (χ4n) is 1.32. The van der Waals surface area contributed by atoms with E-state index in [1.165, 1.54) is 0 Å². The summed E-state index contributed by atoms with van der Waals surface area (Å²) in [7, 11) is -3.67. The maximum Gasteiger partial charge on any atom is 0.319 e. The van der Waals surface area contributed by atoms with Crippen molar-refractivity contribution in [2.24, 2.45) is 0 Å². The van der Waals surface area contributed by atoms with Gasteiger partial charge in [0.25, 0.3) is 0 Å². The van der Waals surface area contributed by atoms with E-state index in [1.807, 2.05) is 0 Å². The highest BCUT2D eigenvalue weighted by molar-refractivity contribution is 7.87. The number of hydrogen-bond donors (Lipinski definition) is 1. The van der Waals surface area contributed by atoms with Crippen LogP contribution in [0.4, 0.5) is 0 Å². The van der Waals surface area contributed by atoms with Crippen molar-refractivity contribution in [1.82, 2.24) is 5.32 Å². The van der Waals surface area contributed by atoms with Crippen LogP contribution in [0.3, 0.4) is 0 Å². The van der Waals surface area contributed by atoms with E-state index in [9.17, 15) is 13.2 Å². The lowest BCUT2D eigenvalue weighted by Gasteiger charge is -2.21. The summed E-state index contributed by atoms with van der Waals surface area (Å²) >= 11 is 0. The molecule has 1 heterocycles. The van der Waals surface area contributed by atoms with Gasteiger partial charge in [-0.2, -0.15) is 8.42 Å². The number of hydrogen-bond acceptors (Lipinski definition) is 5. The monoisotopic (exact) mass is 207 g/mol. The Hall–Kier alpha value is -0.620. The zero-order valence-electron chi connectivity index (χ0n) is 7.45. The maximum absolute atomic E-state index is 11.3. The first-order valence-electron chi connectivity index (χ1n) is 4.17. The molecule has 6 heteroatoms. The molecule has 1 aliphatic rings. The minimum atomic E-state index is -3.67. The quantitative estimate of drug-likeness (QED) is 0.625. The molecule has 76 valence electrons. The number of nitrogens with one attached hydrogen (secondary N) is 1. The van der Waals surface area contributed by atoms with Crippen LogP contribution in [0, 0.1) is 0 Å². The van der Waals surface area contributed by atoms with Gasteiger partial charge >= 0.3 is 16.1 Å². The van der Waals surface area contributed by atoms with Crippen LogP contribution in [0.5, 0.6) is 0 Å². The van der Waals surface area contributed by atoms with E-state index in [4.69, 9.17) is 0 Å². The number of carbonyl (C=O) groups is 1. The normalized spacial score (nSPS) is 19.8. The molecule has 0 aromatic carbocycles. The Kier molecular flexibility index (Phi) is 3.27. The Morgan fingerprint density at radius 1 is 1.38 bits per heavy atom. The molecule has 5 nitrogen and oxygen atoms in total. The molecule has 0 spiro atoms. The van der Waals surface area contributed by atoms with Crippen LogP contribution < -0.4 is 5.32 Å². The van der Waals surface area contributed by atoms with E-state index in [-0.39, 0.29) is 0 Å². The van der Waals surface area contributed by atoms with Crippen LogP contribution in [0.2, 0.25) is 0 Å². The van der Waals surface area contributed by atoms with Crippen molar-refractivity contribution in [3.05, 3.63) is 0 Å². The molecule has 0 amide bonds. The Balaban J connectivity index is 2.62. The van der Waals surface area contributed by atoms with Crippen LogP contribution in [-0.4, -0.2) is 32.7 Å². The van der Waals surface area contributed by atoms with Gasteiger partial charge in [-0.3, -0.25) is 4.79 Å². The summed E-state index contributed by atoms with van der Waals surface area (Å²) in [6.07, 6.45) is 1.02. The number of carbonyl (C=O) groups excluding carboxylic acids is 1. The molecule has 0 bridgehead atoms. The van der Waals surface area contributed by atoms with Gasteiger partial charge in [0.05, 0.1) is 5.25 Å². The van der Waals surface area contributed by atoms with Crippen LogP contribution in [0.1, 0.15) is 19.8 Å². The number of piperidine rings is 1. The predicted molar refractivity (Wildman–Crippen MR) is 46.6 cm³/mol. The van der Waals surface area contributed by atoms with Crippen molar-refractivity contribution < 1.29 is 17.4 Å². The van der Waals surface area contributed by atoms with Crippen molar-refractivity contribution >= 4 is 16.1 Å². The fourth-order valence-corrected chi connectivity index (χ4v) is 2.59. The summed E-state index contributed by atoms with van der Waals surface area (Å²) in [5.41, 5.74) is 0. The second-order valence-electron chi connectivity index (χ2n) is 3.02. The van der Waals surface area contributed by atoms with E-state index in [0.29, 0.717) is 25.9 Å². The Labute approximate surface area is 77.6 Å². The lowest BCUT2D eigenvalue weighted by Crippen LogP contribution is -2.37. The minimum absolute atomic E-state index is 0.510. The summed E-state index contributed by atoms with van der Waals surface area (Å²) in [6.45, 7) is 2.41. The lowest BCUT2D eigenvalue weighted by atomic mass is 10.2. The van der Waals surface area contributed by atoms with Gasteiger partial charge in [-0.25, -0.2) is 0 Å². The van der Waals surface area contributed by atoms with Gasteiger partial charge in [0, 0.05) is 6.92 Å². The van der Waals surface area contributed by atoms with Crippen molar-refractivity contribution in [2.75, 3.05) is 13.1 Å². The van der Waals surface area contributed by atoms with Crippen LogP contribution in [0.15, 0.2) is 0 Å². The smallest absolute Gasteiger partial charge is 0.319 e. The Morgan fingerprint density at radius 2 is 1.92 bits per heavy atom.